The van der Waals surface area contributed by atoms with Crippen LogP contribution in [-0.4, -0.2) is 34.1 Å². The molecule has 0 fully saturated rings. The number of Topliss-reactive ketones (excluding diaryl/α,β-unsaturated/α-hetero) is 1. The Labute approximate surface area is 208 Å². The van der Waals surface area contributed by atoms with Gasteiger partial charge in [0, 0.05) is 17.3 Å². The summed E-state index contributed by atoms with van der Waals surface area (Å²) in [5.74, 6) is -1.35. The van der Waals surface area contributed by atoms with Crippen LogP contribution in [-0.2, 0) is 32.0 Å². The van der Waals surface area contributed by atoms with Gasteiger partial charge in [0.2, 0.25) is 11.8 Å². The molecule has 2 atom stereocenters. The molecule has 0 radical (unpaired) electrons. The maximum atomic E-state index is 11.2. The van der Waals surface area contributed by atoms with Crippen LogP contribution in [0.3, 0.4) is 0 Å². The summed E-state index contributed by atoms with van der Waals surface area (Å²) < 4.78 is 0. The first-order valence-corrected chi connectivity index (χ1v) is 9.74. The van der Waals surface area contributed by atoms with Gasteiger partial charge in [0.15, 0.2) is 0 Å². The van der Waals surface area contributed by atoms with Gasteiger partial charge in [-0.2, -0.15) is 0 Å². The molecular weight excluding hydrogens is 423 g/mol. The van der Waals surface area contributed by atoms with Crippen molar-refractivity contribution in [3.63, 3.8) is 0 Å². The molecule has 164 valence electrons. The summed E-state index contributed by atoms with van der Waals surface area (Å²) in [5.41, 5.74) is 5.26. The van der Waals surface area contributed by atoms with Crippen molar-refractivity contribution in [1.82, 2.24) is 0 Å². The number of hydrogen-bond donors (Lipinski definition) is 3. The summed E-state index contributed by atoms with van der Waals surface area (Å²) in [5, 5.41) is 14.3. The second kappa shape index (κ2) is 11.4. The van der Waals surface area contributed by atoms with Crippen molar-refractivity contribution in [3.8, 4) is 0 Å². The average Bonchev–Trinajstić information content (AvgIpc) is 3.25. The van der Waals surface area contributed by atoms with Gasteiger partial charge in [0.1, 0.15) is 5.78 Å². The van der Waals surface area contributed by atoms with Crippen LogP contribution in [0.4, 0.5) is 11.4 Å². The van der Waals surface area contributed by atoms with E-state index in [-0.39, 0.29) is 58.5 Å². The average molecular weight is 448 g/mol. The molecule has 4 N–H and O–H groups in total. The van der Waals surface area contributed by atoms with E-state index < -0.39 is 11.9 Å². The van der Waals surface area contributed by atoms with E-state index in [0.29, 0.717) is 12.8 Å². The fourth-order valence-corrected chi connectivity index (χ4v) is 3.41. The molecule has 4 rings (SSSR count). The SMILES string of the molecule is CC(=O)C(C)c1ccc2c(c1)CC(=O)N2.CC(C(=O)O)c1ccc2c(c1)CC(=O)N2.[Na+].[OH-]. The molecule has 2 heterocycles. The fourth-order valence-electron chi connectivity index (χ4n) is 3.41. The molecule has 2 aromatic rings. The van der Waals surface area contributed by atoms with E-state index in [1.807, 2.05) is 25.1 Å². The summed E-state index contributed by atoms with van der Waals surface area (Å²) in [6.45, 7) is 5.10. The molecule has 0 bridgehead atoms. The number of aliphatic carboxylic acids is 1. The van der Waals surface area contributed by atoms with E-state index in [4.69, 9.17) is 5.11 Å². The molecule has 0 saturated carbocycles. The Hall–Kier alpha value is -2.52. The van der Waals surface area contributed by atoms with E-state index >= 15 is 0 Å². The van der Waals surface area contributed by atoms with Crippen molar-refractivity contribution in [2.24, 2.45) is 0 Å². The minimum absolute atomic E-state index is 0. The third kappa shape index (κ3) is 6.26. The topological polar surface area (TPSA) is 143 Å². The molecule has 2 unspecified atom stereocenters. The maximum Gasteiger partial charge on any atom is 1.00 e. The summed E-state index contributed by atoms with van der Waals surface area (Å²) in [7, 11) is 0. The Kier molecular flexibility index (Phi) is 9.78. The zero-order valence-corrected chi connectivity index (χ0v) is 20.6. The van der Waals surface area contributed by atoms with Gasteiger partial charge in [-0.05, 0) is 48.2 Å². The standard InChI is InChI=1S/C12H13NO2.C11H11NO3.Na.H2O/c1-7(8(2)14)9-3-4-11-10(5-9)6-12(15)13-11;1-6(11(14)15)7-2-3-9-8(4-7)5-10(13)12-9;;/h3-5,7H,6H2,1-2H3,(H,13,15);2-4,6H,5H2,1H3,(H,12,13)(H,14,15);;1H2/q;;+1;/p-1. The fraction of sp³-hybridized carbons (Fsp3) is 0.304. The second-order valence-electron chi connectivity index (χ2n) is 7.68. The number of carbonyl (C=O) groups excluding carboxylic acids is 3. The molecule has 0 spiro atoms. The summed E-state index contributed by atoms with van der Waals surface area (Å²) in [4.78, 5) is 44.2. The molecular formula is C23H25N2NaO6. The monoisotopic (exact) mass is 448 g/mol. The molecule has 0 aromatic heterocycles. The molecule has 32 heavy (non-hydrogen) atoms. The molecule has 2 aliphatic rings. The number of carboxylic acid groups (broad SMARTS) is 1. The van der Waals surface area contributed by atoms with Crippen LogP contribution in [0.2, 0.25) is 0 Å². The van der Waals surface area contributed by atoms with Crippen molar-refractivity contribution >= 4 is 34.9 Å². The number of carboxylic acids is 1. The quantitative estimate of drug-likeness (QED) is 0.565. The third-order valence-corrected chi connectivity index (χ3v) is 5.49. The minimum atomic E-state index is -0.854. The molecule has 2 aliphatic heterocycles. The smallest absolute Gasteiger partial charge is 0.870 e. The van der Waals surface area contributed by atoms with E-state index in [1.54, 1.807) is 32.0 Å². The third-order valence-electron chi connectivity index (χ3n) is 5.49. The van der Waals surface area contributed by atoms with Crippen LogP contribution in [0.1, 0.15) is 54.9 Å². The van der Waals surface area contributed by atoms with Crippen LogP contribution < -0.4 is 40.2 Å². The molecule has 2 aromatic carbocycles. The number of fused-ring (bicyclic) bond motifs is 2. The number of benzene rings is 2. The van der Waals surface area contributed by atoms with Crippen molar-refractivity contribution in [1.29, 1.82) is 0 Å². The van der Waals surface area contributed by atoms with E-state index in [9.17, 15) is 19.2 Å². The van der Waals surface area contributed by atoms with Gasteiger partial charge in [-0.15, -0.1) is 0 Å². The van der Waals surface area contributed by atoms with E-state index in [0.717, 1.165) is 33.6 Å². The minimum Gasteiger partial charge on any atom is -0.870 e. The molecule has 8 nitrogen and oxygen atoms in total. The van der Waals surface area contributed by atoms with Gasteiger partial charge in [-0.1, -0.05) is 31.2 Å². The first-order valence-electron chi connectivity index (χ1n) is 9.74. The Morgan fingerprint density at radius 1 is 0.844 bits per heavy atom. The van der Waals surface area contributed by atoms with Gasteiger partial charge in [0.25, 0.3) is 0 Å². The Balaban J connectivity index is 0.000000301. The first-order chi connectivity index (χ1) is 14.2. The Morgan fingerprint density at radius 2 is 1.25 bits per heavy atom. The van der Waals surface area contributed by atoms with Gasteiger partial charge < -0.3 is 21.2 Å². The van der Waals surface area contributed by atoms with E-state index in [1.165, 1.54) is 0 Å². The van der Waals surface area contributed by atoms with Crippen LogP contribution in [0, 0.1) is 0 Å². The zero-order chi connectivity index (χ0) is 22.0. The van der Waals surface area contributed by atoms with Crippen molar-refractivity contribution < 1.29 is 59.3 Å². The number of carbonyl (C=O) groups is 4. The van der Waals surface area contributed by atoms with Crippen molar-refractivity contribution in [2.45, 2.75) is 45.4 Å². The van der Waals surface area contributed by atoms with Crippen molar-refractivity contribution in [3.05, 3.63) is 58.7 Å². The number of rotatable bonds is 4. The predicted octanol–water partition coefficient (Wildman–Crippen LogP) is 0.0702. The molecule has 0 saturated heterocycles. The van der Waals surface area contributed by atoms with Gasteiger partial charge >= 0.3 is 35.5 Å². The van der Waals surface area contributed by atoms with Crippen LogP contribution in [0.15, 0.2) is 36.4 Å². The maximum absolute atomic E-state index is 11.2. The number of anilines is 2. The van der Waals surface area contributed by atoms with Crippen LogP contribution in [0.5, 0.6) is 0 Å². The van der Waals surface area contributed by atoms with Crippen LogP contribution in [0.25, 0.3) is 0 Å². The first kappa shape index (κ1) is 27.5. The largest absolute Gasteiger partial charge is 1.00 e. The molecule has 0 aliphatic carbocycles. The number of amides is 2. The van der Waals surface area contributed by atoms with E-state index in [2.05, 4.69) is 10.6 Å². The zero-order valence-electron chi connectivity index (χ0n) is 18.6. The summed E-state index contributed by atoms with van der Waals surface area (Å²) >= 11 is 0. The van der Waals surface area contributed by atoms with Gasteiger partial charge in [-0.25, -0.2) is 0 Å². The van der Waals surface area contributed by atoms with Crippen molar-refractivity contribution in [2.75, 3.05) is 10.6 Å². The Morgan fingerprint density at radius 3 is 1.62 bits per heavy atom. The number of nitrogens with one attached hydrogen (secondary N) is 2. The number of ketones is 1. The molecule has 9 heteroatoms. The Bertz CT molecular complexity index is 969. The molecule has 2 amide bonds. The van der Waals surface area contributed by atoms with Crippen LogP contribution >= 0.6 is 0 Å². The summed E-state index contributed by atoms with van der Waals surface area (Å²) in [6, 6.07) is 11.0. The number of hydrogen-bond acceptors (Lipinski definition) is 5. The predicted molar refractivity (Wildman–Crippen MR) is 115 cm³/mol. The second-order valence-corrected chi connectivity index (χ2v) is 7.68. The summed E-state index contributed by atoms with van der Waals surface area (Å²) in [6.07, 6.45) is 0.767. The normalized spacial score (nSPS) is 14.7. The van der Waals surface area contributed by atoms with Gasteiger partial charge in [0.05, 0.1) is 18.8 Å². The van der Waals surface area contributed by atoms with Gasteiger partial charge in [-0.3, -0.25) is 19.2 Å².